The van der Waals surface area contributed by atoms with E-state index < -0.39 is 0 Å². The van der Waals surface area contributed by atoms with E-state index in [9.17, 15) is 0 Å². The quantitative estimate of drug-likeness (QED) is 0.530. The molecule has 0 saturated carbocycles. The standard InChI is InChI=1S/C17H27NOS/c1-4-5-6-7-8-9-10-19-16-13(2)11-15(17(18)20)12-14(16)3/h11-12H,4-10H2,1-3H3,(H2,18,20). The third-order valence-electron chi connectivity index (χ3n) is 3.49. The number of hydrogen-bond donors (Lipinski definition) is 1. The molecule has 2 nitrogen and oxygen atoms in total. The number of aryl methyl sites for hydroxylation is 2. The molecule has 0 aliphatic heterocycles. The monoisotopic (exact) mass is 293 g/mol. The molecule has 3 heteroatoms. The number of hydrogen-bond acceptors (Lipinski definition) is 2. The molecule has 2 N–H and O–H groups in total. The van der Waals surface area contributed by atoms with Crippen molar-refractivity contribution in [3.63, 3.8) is 0 Å². The van der Waals surface area contributed by atoms with Gasteiger partial charge in [0.1, 0.15) is 10.7 Å². The fourth-order valence-corrected chi connectivity index (χ4v) is 2.49. The lowest BCUT2D eigenvalue weighted by Crippen LogP contribution is -2.10. The fraction of sp³-hybridized carbons (Fsp3) is 0.588. The Labute approximate surface area is 128 Å². The van der Waals surface area contributed by atoms with E-state index in [1.54, 1.807) is 0 Å². The van der Waals surface area contributed by atoms with E-state index in [1.165, 1.54) is 32.1 Å². The summed E-state index contributed by atoms with van der Waals surface area (Å²) in [6.07, 6.45) is 7.68. The third kappa shape index (κ3) is 5.49. The Morgan fingerprint density at radius 1 is 1.05 bits per heavy atom. The van der Waals surface area contributed by atoms with Crippen LogP contribution in [-0.2, 0) is 0 Å². The minimum atomic E-state index is 0.443. The summed E-state index contributed by atoms with van der Waals surface area (Å²) in [7, 11) is 0. The average molecular weight is 293 g/mol. The molecule has 0 heterocycles. The van der Waals surface area contributed by atoms with Crippen LogP contribution in [0.3, 0.4) is 0 Å². The first-order chi connectivity index (χ1) is 9.56. The highest BCUT2D eigenvalue weighted by atomic mass is 32.1. The van der Waals surface area contributed by atoms with Gasteiger partial charge in [0.05, 0.1) is 6.61 Å². The summed E-state index contributed by atoms with van der Waals surface area (Å²) in [6.45, 7) is 7.13. The second-order valence-electron chi connectivity index (χ2n) is 5.42. The zero-order valence-electron chi connectivity index (χ0n) is 13.0. The molecule has 0 fully saturated rings. The number of unbranched alkanes of at least 4 members (excludes halogenated alkanes) is 5. The predicted molar refractivity (Wildman–Crippen MR) is 90.7 cm³/mol. The molecule has 20 heavy (non-hydrogen) atoms. The predicted octanol–water partition coefficient (Wildman–Crippen LogP) is 4.68. The van der Waals surface area contributed by atoms with Crippen molar-refractivity contribution < 1.29 is 4.74 Å². The topological polar surface area (TPSA) is 35.2 Å². The zero-order valence-corrected chi connectivity index (χ0v) is 13.8. The van der Waals surface area contributed by atoms with Crippen molar-refractivity contribution in [3.05, 3.63) is 28.8 Å². The second kappa shape index (κ2) is 8.96. The van der Waals surface area contributed by atoms with Gasteiger partial charge in [-0.3, -0.25) is 0 Å². The van der Waals surface area contributed by atoms with Gasteiger partial charge >= 0.3 is 0 Å². The largest absolute Gasteiger partial charge is 0.493 e. The van der Waals surface area contributed by atoms with Gasteiger partial charge in [0.15, 0.2) is 0 Å². The zero-order chi connectivity index (χ0) is 15.0. The van der Waals surface area contributed by atoms with Gasteiger partial charge in [-0.25, -0.2) is 0 Å². The lowest BCUT2D eigenvalue weighted by Gasteiger charge is -2.13. The minimum Gasteiger partial charge on any atom is -0.493 e. The maximum absolute atomic E-state index is 5.92. The molecule has 0 radical (unpaired) electrons. The van der Waals surface area contributed by atoms with E-state index in [0.29, 0.717) is 4.99 Å². The molecule has 1 rings (SSSR count). The lowest BCUT2D eigenvalue weighted by molar-refractivity contribution is 0.300. The number of ether oxygens (including phenoxy) is 1. The highest BCUT2D eigenvalue weighted by Gasteiger charge is 2.07. The van der Waals surface area contributed by atoms with Crippen molar-refractivity contribution in [2.75, 3.05) is 6.61 Å². The van der Waals surface area contributed by atoms with Gasteiger partial charge in [0.2, 0.25) is 0 Å². The van der Waals surface area contributed by atoms with Crippen LogP contribution in [0.1, 0.15) is 62.1 Å². The number of rotatable bonds is 9. The van der Waals surface area contributed by atoms with Crippen LogP contribution in [0.25, 0.3) is 0 Å². The summed E-state index contributed by atoms with van der Waals surface area (Å²) in [4.78, 5) is 0.443. The van der Waals surface area contributed by atoms with E-state index in [-0.39, 0.29) is 0 Å². The Kier molecular flexibility index (Phi) is 7.60. The summed E-state index contributed by atoms with van der Waals surface area (Å²) < 4.78 is 5.92. The Balaban J connectivity index is 2.42. The molecule has 112 valence electrons. The van der Waals surface area contributed by atoms with Gasteiger partial charge in [-0.2, -0.15) is 0 Å². The maximum atomic E-state index is 5.92. The Bertz CT molecular complexity index is 420. The first-order valence-corrected chi connectivity index (χ1v) is 8.01. The van der Waals surface area contributed by atoms with E-state index in [0.717, 1.165) is 35.5 Å². The van der Waals surface area contributed by atoms with Gasteiger partial charge in [0.25, 0.3) is 0 Å². The smallest absolute Gasteiger partial charge is 0.125 e. The van der Waals surface area contributed by atoms with Crippen molar-refractivity contribution in [3.8, 4) is 5.75 Å². The SMILES string of the molecule is CCCCCCCCOc1c(C)cc(C(N)=S)cc1C. The summed E-state index contributed by atoms with van der Waals surface area (Å²) >= 11 is 5.02. The van der Waals surface area contributed by atoms with Crippen LogP contribution in [0.15, 0.2) is 12.1 Å². The summed E-state index contributed by atoms with van der Waals surface area (Å²) in [5.41, 5.74) is 8.81. The summed E-state index contributed by atoms with van der Waals surface area (Å²) in [5, 5.41) is 0. The molecule has 0 bridgehead atoms. The van der Waals surface area contributed by atoms with Crippen LogP contribution in [0.2, 0.25) is 0 Å². The molecule has 0 aliphatic carbocycles. The van der Waals surface area contributed by atoms with Gasteiger partial charge < -0.3 is 10.5 Å². The van der Waals surface area contributed by atoms with Crippen molar-refractivity contribution >= 4 is 17.2 Å². The van der Waals surface area contributed by atoms with Crippen LogP contribution < -0.4 is 10.5 Å². The molecule has 1 aromatic carbocycles. The fourth-order valence-electron chi connectivity index (χ4n) is 2.38. The van der Waals surface area contributed by atoms with Crippen molar-refractivity contribution in [1.82, 2.24) is 0 Å². The molecule has 0 aliphatic rings. The van der Waals surface area contributed by atoms with Crippen molar-refractivity contribution in [1.29, 1.82) is 0 Å². The third-order valence-corrected chi connectivity index (χ3v) is 3.72. The highest BCUT2D eigenvalue weighted by Crippen LogP contribution is 2.25. The molecule has 0 saturated heterocycles. The molecule has 0 aromatic heterocycles. The number of nitrogens with two attached hydrogens (primary N) is 1. The molecule has 0 spiro atoms. The molecular weight excluding hydrogens is 266 g/mol. The van der Waals surface area contributed by atoms with E-state index in [1.807, 2.05) is 26.0 Å². The normalized spacial score (nSPS) is 10.6. The Morgan fingerprint density at radius 2 is 1.60 bits per heavy atom. The van der Waals surface area contributed by atoms with Crippen molar-refractivity contribution in [2.45, 2.75) is 59.3 Å². The highest BCUT2D eigenvalue weighted by molar-refractivity contribution is 7.80. The first kappa shape index (κ1) is 17.0. The average Bonchev–Trinajstić information content (AvgIpc) is 2.40. The lowest BCUT2D eigenvalue weighted by atomic mass is 10.1. The minimum absolute atomic E-state index is 0.443. The molecule has 1 aromatic rings. The van der Waals surface area contributed by atoms with Crippen LogP contribution in [0, 0.1) is 13.8 Å². The van der Waals surface area contributed by atoms with E-state index in [4.69, 9.17) is 22.7 Å². The number of benzene rings is 1. The van der Waals surface area contributed by atoms with Gasteiger partial charge in [-0.15, -0.1) is 0 Å². The molecule has 0 unspecified atom stereocenters. The van der Waals surface area contributed by atoms with Crippen molar-refractivity contribution in [2.24, 2.45) is 5.73 Å². The Hall–Kier alpha value is -1.09. The molecule has 0 amide bonds. The van der Waals surface area contributed by atoms with Crippen LogP contribution in [0.4, 0.5) is 0 Å². The number of thiocarbonyl (C=S) groups is 1. The van der Waals surface area contributed by atoms with Gasteiger partial charge in [0, 0.05) is 5.56 Å². The van der Waals surface area contributed by atoms with Gasteiger partial charge in [-0.1, -0.05) is 51.2 Å². The van der Waals surface area contributed by atoms with Crippen LogP contribution in [0.5, 0.6) is 5.75 Å². The first-order valence-electron chi connectivity index (χ1n) is 7.60. The van der Waals surface area contributed by atoms with Crippen LogP contribution in [-0.4, -0.2) is 11.6 Å². The second-order valence-corrected chi connectivity index (χ2v) is 5.86. The van der Waals surface area contributed by atoms with E-state index in [2.05, 4.69) is 6.92 Å². The molecule has 0 atom stereocenters. The maximum Gasteiger partial charge on any atom is 0.125 e. The Morgan fingerprint density at radius 3 is 2.15 bits per heavy atom. The molecular formula is C17H27NOS. The van der Waals surface area contributed by atoms with Gasteiger partial charge in [-0.05, 0) is 43.5 Å². The van der Waals surface area contributed by atoms with Crippen LogP contribution >= 0.6 is 12.2 Å². The summed E-state index contributed by atoms with van der Waals surface area (Å²) in [5.74, 6) is 0.985. The van der Waals surface area contributed by atoms with E-state index >= 15 is 0 Å². The summed E-state index contributed by atoms with van der Waals surface area (Å²) in [6, 6.07) is 4.01.